The summed E-state index contributed by atoms with van der Waals surface area (Å²) in [5, 5.41) is 14.5. The Morgan fingerprint density at radius 3 is 2.52 bits per heavy atom. The van der Waals surface area contributed by atoms with Crippen molar-refractivity contribution in [3.63, 3.8) is 0 Å². The van der Waals surface area contributed by atoms with Crippen LogP contribution in [0.15, 0.2) is 42.5 Å². The maximum absolute atomic E-state index is 12.5. The molecule has 3 rings (SSSR count). The van der Waals surface area contributed by atoms with E-state index in [1.54, 1.807) is 29.7 Å². The van der Waals surface area contributed by atoms with E-state index in [4.69, 9.17) is 9.94 Å². The number of urea groups is 1. The number of ether oxygens (including phenoxy) is 1. The third kappa shape index (κ3) is 4.38. The molecule has 3 amide bonds. The quantitative estimate of drug-likeness (QED) is 0.480. The number of nitrogens with one attached hydrogen (secondary N) is 3. The van der Waals surface area contributed by atoms with Crippen LogP contribution >= 0.6 is 0 Å². The Morgan fingerprint density at radius 1 is 1.11 bits per heavy atom. The Labute approximate surface area is 157 Å². The molecule has 0 radical (unpaired) electrons. The van der Waals surface area contributed by atoms with E-state index in [-0.39, 0.29) is 18.0 Å². The highest BCUT2D eigenvalue weighted by Gasteiger charge is 2.19. The molecule has 7 nitrogen and oxygen atoms in total. The second-order valence-electron chi connectivity index (χ2n) is 6.80. The molecule has 1 unspecified atom stereocenters. The molecule has 0 saturated carbocycles. The van der Waals surface area contributed by atoms with Crippen LogP contribution in [0.5, 0.6) is 5.75 Å². The van der Waals surface area contributed by atoms with Gasteiger partial charge in [0.15, 0.2) is 0 Å². The largest absolute Gasteiger partial charge is 0.493 e. The second-order valence-corrected chi connectivity index (χ2v) is 6.80. The molecular weight excluding hydrogens is 346 g/mol. The van der Waals surface area contributed by atoms with E-state index in [9.17, 15) is 9.59 Å². The lowest BCUT2D eigenvalue weighted by Crippen LogP contribution is -2.35. The van der Waals surface area contributed by atoms with E-state index < -0.39 is 5.91 Å². The van der Waals surface area contributed by atoms with Crippen molar-refractivity contribution in [2.45, 2.75) is 26.3 Å². The molecule has 142 valence electrons. The summed E-state index contributed by atoms with van der Waals surface area (Å²) in [6.45, 7) is 4.68. The topological polar surface area (TPSA) is 99.7 Å². The number of rotatable bonds is 5. The average molecular weight is 369 g/mol. The van der Waals surface area contributed by atoms with Crippen LogP contribution in [0.3, 0.4) is 0 Å². The van der Waals surface area contributed by atoms with Crippen molar-refractivity contribution >= 4 is 17.6 Å². The second kappa shape index (κ2) is 8.09. The van der Waals surface area contributed by atoms with Gasteiger partial charge < -0.3 is 15.4 Å². The van der Waals surface area contributed by atoms with Crippen LogP contribution < -0.4 is 20.9 Å². The molecule has 7 heteroatoms. The summed E-state index contributed by atoms with van der Waals surface area (Å²) in [5.41, 5.74) is 4.62. The molecule has 1 atom stereocenters. The maximum atomic E-state index is 12.5. The molecule has 27 heavy (non-hydrogen) atoms. The SMILES string of the molecule is CC(C)C(NC(=O)Nc1ccc2c(c1)CCO2)c1ccc(C(=O)NO)cc1. The van der Waals surface area contributed by atoms with Crippen LogP contribution in [-0.2, 0) is 6.42 Å². The fourth-order valence-electron chi connectivity index (χ4n) is 3.11. The summed E-state index contributed by atoms with van der Waals surface area (Å²) in [6.07, 6.45) is 0.842. The van der Waals surface area contributed by atoms with Gasteiger partial charge in [0, 0.05) is 17.7 Å². The molecule has 2 aromatic carbocycles. The molecule has 0 fully saturated rings. The van der Waals surface area contributed by atoms with Crippen LogP contribution in [0.25, 0.3) is 0 Å². The smallest absolute Gasteiger partial charge is 0.319 e. The average Bonchev–Trinajstić information content (AvgIpc) is 3.13. The van der Waals surface area contributed by atoms with Gasteiger partial charge in [-0.3, -0.25) is 10.0 Å². The van der Waals surface area contributed by atoms with Crippen LogP contribution in [-0.4, -0.2) is 23.8 Å². The van der Waals surface area contributed by atoms with Crippen LogP contribution in [0, 0.1) is 5.92 Å². The number of amides is 3. The first-order valence-electron chi connectivity index (χ1n) is 8.85. The molecule has 0 aliphatic carbocycles. The van der Waals surface area contributed by atoms with Gasteiger partial charge in [-0.25, -0.2) is 10.3 Å². The number of anilines is 1. The number of hydrogen-bond acceptors (Lipinski definition) is 4. The maximum Gasteiger partial charge on any atom is 0.319 e. The van der Waals surface area contributed by atoms with Gasteiger partial charge in [0.2, 0.25) is 0 Å². The number of benzene rings is 2. The molecule has 0 saturated heterocycles. The number of hydroxylamine groups is 1. The first kappa shape index (κ1) is 18.7. The Kier molecular flexibility index (Phi) is 5.61. The molecule has 2 aromatic rings. The Bertz CT molecular complexity index is 834. The molecule has 1 heterocycles. The first-order valence-corrected chi connectivity index (χ1v) is 8.85. The van der Waals surface area contributed by atoms with Gasteiger partial charge in [-0.2, -0.15) is 0 Å². The molecule has 0 aromatic heterocycles. The Morgan fingerprint density at radius 2 is 1.85 bits per heavy atom. The molecule has 1 aliphatic heterocycles. The third-order valence-corrected chi connectivity index (χ3v) is 4.53. The molecule has 0 spiro atoms. The molecular formula is C20H23N3O4. The van der Waals surface area contributed by atoms with Crippen molar-refractivity contribution in [1.82, 2.24) is 10.8 Å². The lowest BCUT2D eigenvalue weighted by molar-refractivity contribution is 0.0706. The first-order chi connectivity index (χ1) is 13.0. The van der Waals surface area contributed by atoms with E-state index >= 15 is 0 Å². The predicted octanol–water partition coefficient (Wildman–Crippen LogP) is 3.26. The minimum atomic E-state index is -0.575. The summed E-state index contributed by atoms with van der Waals surface area (Å²) < 4.78 is 5.47. The van der Waals surface area contributed by atoms with Gasteiger partial charge in [0.05, 0.1) is 12.6 Å². The zero-order valence-electron chi connectivity index (χ0n) is 15.3. The van der Waals surface area contributed by atoms with Gasteiger partial charge in [0.25, 0.3) is 5.91 Å². The summed E-state index contributed by atoms with van der Waals surface area (Å²) in [4.78, 5) is 23.9. The zero-order valence-corrected chi connectivity index (χ0v) is 15.3. The minimum Gasteiger partial charge on any atom is -0.493 e. The number of carbonyl (C=O) groups is 2. The monoisotopic (exact) mass is 369 g/mol. The standard InChI is InChI=1S/C20H23N3O4/c1-12(2)18(13-3-5-14(6-4-13)19(24)23-26)22-20(25)21-16-7-8-17-15(11-16)9-10-27-17/h3-8,11-12,18,26H,9-10H2,1-2H3,(H,23,24)(H2,21,22,25). The fraction of sp³-hybridized carbons (Fsp3) is 0.300. The van der Waals surface area contributed by atoms with Crippen molar-refractivity contribution in [2.24, 2.45) is 5.92 Å². The summed E-state index contributed by atoms with van der Waals surface area (Å²) in [5.74, 6) is 0.434. The van der Waals surface area contributed by atoms with Gasteiger partial charge in [0.1, 0.15) is 5.75 Å². The van der Waals surface area contributed by atoms with Crippen LogP contribution in [0.2, 0.25) is 0 Å². The van der Waals surface area contributed by atoms with Crippen molar-refractivity contribution in [3.8, 4) is 5.75 Å². The molecule has 0 bridgehead atoms. The van der Waals surface area contributed by atoms with Gasteiger partial charge in [-0.1, -0.05) is 26.0 Å². The van der Waals surface area contributed by atoms with Crippen molar-refractivity contribution in [3.05, 3.63) is 59.2 Å². The normalized spacial score (nSPS) is 13.5. The fourth-order valence-corrected chi connectivity index (χ4v) is 3.11. The van der Waals surface area contributed by atoms with Crippen LogP contribution in [0.1, 0.15) is 41.4 Å². The minimum absolute atomic E-state index is 0.140. The number of carbonyl (C=O) groups excluding carboxylic acids is 2. The summed E-state index contributed by atoms with van der Waals surface area (Å²) in [6, 6.07) is 11.8. The highest BCUT2D eigenvalue weighted by atomic mass is 16.5. The third-order valence-electron chi connectivity index (χ3n) is 4.53. The van der Waals surface area contributed by atoms with Gasteiger partial charge in [-0.05, 0) is 47.4 Å². The van der Waals surface area contributed by atoms with E-state index in [1.807, 2.05) is 32.0 Å². The van der Waals surface area contributed by atoms with Crippen molar-refractivity contribution in [1.29, 1.82) is 0 Å². The Balaban J connectivity index is 1.68. The zero-order chi connectivity index (χ0) is 19.4. The molecule has 4 N–H and O–H groups in total. The van der Waals surface area contributed by atoms with Crippen molar-refractivity contribution in [2.75, 3.05) is 11.9 Å². The van der Waals surface area contributed by atoms with E-state index in [0.717, 1.165) is 23.3 Å². The summed E-state index contributed by atoms with van der Waals surface area (Å²) in [7, 11) is 0. The van der Waals surface area contributed by atoms with E-state index in [2.05, 4.69) is 10.6 Å². The van der Waals surface area contributed by atoms with Crippen LogP contribution in [0.4, 0.5) is 10.5 Å². The number of hydrogen-bond donors (Lipinski definition) is 4. The highest BCUT2D eigenvalue weighted by molar-refractivity contribution is 5.93. The van der Waals surface area contributed by atoms with Gasteiger partial charge >= 0.3 is 6.03 Å². The number of fused-ring (bicyclic) bond motifs is 1. The molecule has 1 aliphatic rings. The Hall–Kier alpha value is -3.06. The predicted molar refractivity (Wildman–Crippen MR) is 101 cm³/mol. The van der Waals surface area contributed by atoms with E-state index in [1.165, 1.54) is 0 Å². The lowest BCUT2D eigenvalue weighted by atomic mass is 9.95. The lowest BCUT2D eigenvalue weighted by Gasteiger charge is -2.23. The summed E-state index contributed by atoms with van der Waals surface area (Å²) >= 11 is 0. The van der Waals surface area contributed by atoms with Gasteiger partial charge in [-0.15, -0.1) is 0 Å². The highest BCUT2D eigenvalue weighted by Crippen LogP contribution is 2.28. The van der Waals surface area contributed by atoms with Crippen molar-refractivity contribution < 1.29 is 19.5 Å². The van der Waals surface area contributed by atoms with E-state index in [0.29, 0.717) is 17.9 Å².